The van der Waals surface area contributed by atoms with Gasteiger partial charge in [-0.05, 0) is 25.5 Å². The summed E-state index contributed by atoms with van der Waals surface area (Å²) in [6.45, 7) is 5.48. The summed E-state index contributed by atoms with van der Waals surface area (Å²) >= 11 is 0. The van der Waals surface area contributed by atoms with Gasteiger partial charge in [-0.2, -0.15) is 5.10 Å². The molecule has 1 aliphatic heterocycles. The zero-order valence-corrected chi connectivity index (χ0v) is 15.8. The van der Waals surface area contributed by atoms with E-state index in [1.54, 1.807) is 12.3 Å². The molecule has 0 aliphatic carbocycles. The van der Waals surface area contributed by atoms with Gasteiger partial charge in [-0.1, -0.05) is 30.3 Å². The van der Waals surface area contributed by atoms with Gasteiger partial charge in [0.15, 0.2) is 11.6 Å². The van der Waals surface area contributed by atoms with Crippen LogP contribution in [-0.4, -0.2) is 40.5 Å². The van der Waals surface area contributed by atoms with Gasteiger partial charge in [0, 0.05) is 24.7 Å². The van der Waals surface area contributed by atoms with Gasteiger partial charge in [0.25, 0.3) is 0 Å². The number of aromatic nitrogens is 3. The molecule has 1 N–H and O–H groups in total. The van der Waals surface area contributed by atoms with Crippen molar-refractivity contribution < 1.29 is 9.13 Å². The molecule has 6 nitrogen and oxygen atoms in total. The van der Waals surface area contributed by atoms with Crippen LogP contribution in [0.4, 0.5) is 21.7 Å². The van der Waals surface area contributed by atoms with Gasteiger partial charge in [-0.15, -0.1) is 5.10 Å². The highest BCUT2D eigenvalue weighted by molar-refractivity contribution is 5.68. The third-order valence-corrected chi connectivity index (χ3v) is 4.61. The van der Waals surface area contributed by atoms with Gasteiger partial charge >= 0.3 is 0 Å². The molecule has 2 aromatic heterocycles. The number of anilines is 3. The number of hydrogen-bond acceptors (Lipinski definition) is 6. The number of pyridine rings is 1. The molecule has 0 saturated carbocycles. The average Bonchev–Trinajstić information content (AvgIpc) is 2.70. The molecule has 144 valence electrons. The van der Waals surface area contributed by atoms with Crippen LogP contribution in [0, 0.1) is 5.82 Å². The van der Waals surface area contributed by atoms with Crippen LogP contribution in [0.1, 0.15) is 13.8 Å². The minimum absolute atomic E-state index is 0.0976. The summed E-state index contributed by atoms with van der Waals surface area (Å²) in [6, 6.07) is 13.4. The van der Waals surface area contributed by atoms with Gasteiger partial charge < -0.3 is 15.0 Å². The molecule has 28 heavy (non-hydrogen) atoms. The van der Waals surface area contributed by atoms with E-state index in [4.69, 9.17) is 4.74 Å². The number of halogens is 1. The van der Waals surface area contributed by atoms with Gasteiger partial charge in [0.1, 0.15) is 5.82 Å². The summed E-state index contributed by atoms with van der Waals surface area (Å²) in [5, 5.41) is 11.2. The highest BCUT2D eigenvalue weighted by Gasteiger charge is 2.23. The standard InChI is InChI=1S/C21H22FN5O/c1-14-12-27(13-15(2)28-14)21-9-19(18(22)11-23-21)25-20-8-17(10-24-26-20)16-6-4-3-5-7-16/h3-11,14-15H,12-13H2,1-2H3,(H,23,25,26)/t14-,15-/m1/s1. The summed E-state index contributed by atoms with van der Waals surface area (Å²) < 4.78 is 20.1. The van der Waals surface area contributed by atoms with Gasteiger partial charge in [-0.25, -0.2) is 9.37 Å². The van der Waals surface area contributed by atoms with E-state index in [0.29, 0.717) is 30.4 Å². The first-order valence-corrected chi connectivity index (χ1v) is 9.29. The number of nitrogens with one attached hydrogen (secondary N) is 1. The third-order valence-electron chi connectivity index (χ3n) is 4.61. The first-order valence-electron chi connectivity index (χ1n) is 9.29. The van der Waals surface area contributed by atoms with Crippen molar-refractivity contribution in [3.63, 3.8) is 0 Å². The molecule has 0 spiro atoms. The maximum absolute atomic E-state index is 14.4. The van der Waals surface area contributed by atoms with Crippen molar-refractivity contribution in [2.24, 2.45) is 0 Å². The Kier molecular flexibility index (Phi) is 5.16. The Bertz CT molecular complexity index is 943. The molecule has 3 heterocycles. The molecule has 1 aromatic carbocycles. The maximum Gasteiger partial charge on any atom is 0.165 e. The lowest BCUT2D eigenvalue weighted by Crippen LogP contribution is -2.45. The maximum atomic E-state index is 14.4. The largest absolute Gasteiger partial charge is 0.372 e. The molecule has 4 rings (SSSR count). The third kappa shape index (κ3) is 4.09. The molecule has 0 unspecified atom stereocenters. The van der Waals surface area contributed by atoms with Crippen LogP contribution < -0.4 is 10.2 Å². The summed E-state index contributed by atoms with van der Waals surface area (Å²) in [7, 11) is 0. The molecule has 1 aliphatic rings. The predicted octanol–water partition coefficient (Wildman–Crippen LogP) is 4.03. The molecule has 1 fully saturated rings. The monoisotopic (exact) mass is 379 g/mol. The van der Waals surface area contributed by atoms with Gasteiger partial charge in [0.2, 0.25) is 0 Å². The number of morpholine rings is 1. The lowest BCUT2D eigenvalue weighted by Gasteiger charge is -2.36. The lowest BCUT2D eigenvalue weighted by molar-refractivity contribution is -0.00545. The van der Waals surface area contributed by atoms with E-state index in [1.807, 2.05) is 50.2 Å². The minimum Gasteiger partial charge on any atom is -0.372 e. The van der Waals surface area contributed by atoms with Crippen LogP contribution in [0.25, 0.3) is 11.1 Å². The highest BCUT2D eigenvalue weighted by Crippen LogP contribution is 2.27. The van der Waals surface area contributed by atoms with E-state index in [2.05, 4.69) is 25.4 Å². The van der Waals surface area contributed by atoms with Crippen molar-refractivity contribution in [2.75, 3.05) is 23.3 Å². The van der Waals surface area contributed by atoms with E-state index in [1.165, 1.54) is 6.20 Å². The van der Waals surface area contributed by atoms with E-state index in [-0.39, 0.29) is 12.2 Å². The lowest BCUT2D eigenvalue weighted by atomic mass is 10.1. The first kappa shape index (κ1) is 18.3. The predicted molar refractivity (Wildman–Crippen MR) is 107 cm³/mol. The molecule has 0 bridgehead atoms. The number of nitrogens with zero attached hydrogens (tertiary/aromatic N) is 4. The zero-order valence-electron chi connectivity index (χ0n) is 15.8. The second-order valence-electron chi connectivity index (χ2n) is 7.01. The molecule has 1 saturated heterocycles. The molecule has 7 heteroatoms. The Balaban J connectivity index is 1.58. The normalized spacial score (nSPS) is 19.5. The molecule has 0 amide bonds. The number of rotatable bonds is 4. The summed E-state index contributed by atoms with van der Waals surface area (Å²) in [4.78, 5) is 6.36. The van der Waals surface area contributed by atoms with Crippen molar-refractivity contribution in [2.45, 2.75) is 26.1 Å². The second-order valence-corrected chi connectivity index (χ2v) is 7.01. The second kappa shape index (κ2) is 7.90. The van der Waals surface area contributed by atoms with E-state index < -0.39 is 5.82 Å². The summed E-state index contributed by atoms with van der Waals surface area (Å²) in [6.07, 6.45) is 3.11. The SMILES string of the molecule is C[C@@H]1CN(c2cc(Nc3cc(-c4ccccc4)cnn3)c(F)cn2)C[C@@H](C)O1. The van der Waals surface area contributed by atoms with Crippen LogP contribution in [-0.2, 0) is 4.74 Å². The Labute approximate surface area is 163 Å². The fourth-order valence-electron chi connectivity index (χ4n) is 3.42. The van der Waals surface area contributed by atoms with E-state index in [0.717, 1.165) is 11.1 Å². The van der Waals surface area contributed by atoms with Crippen molar-refractivity contribution in [3.05, 3.63) is 60.7 Å². The van der Waals surface area contributed by atoms with Crippen LogP contribution in [0.2, 0.25) is 0 Å². The van der Waals surface area contributed by atoms with Gasteiger partial charge in [-0.3, -0.25) is 0 Å². The Morgan fingerprint density at radius 3 is 2.54 bits per heavy atom. The van der Waals surface area contributed by atoms with E-state index >= 15 is 0 Å². The van der Waals surface area contributed by atoms with Crippen LogP contribution >= 0.6 is 0 Å². The number of ether oxygens (including phenoxy) is 1. The molecule has 3 aromatic rings. The fraction of sp³-hybridized carbons (Fsp3) is 0.286. The van der Waals surface area contributed by atoms with Crippen LogP contribution in [0.15, 0.2) is 54.9 Å². The van der Waals surface area contributed by atoms with Crippen LogP contribution in [0.5, 0.6) is 0 Å². The van der Waals surface area contributed by atoms with Crippen molar-refractivity contribution >= 4 is 17.3 Å². The topological polar surface area (TPSA) is 63.2 Å². The Hall–Kier alpha value is -3.06. The average molecular weight is 379 g/mol. The number of hydrogen-bond donors (Lipinski definition) is 1. The van der Waals surface area contributed by atoms with Gasteiger partial charge in [0.05, 0.1) is 30.3 Å². The number of benzene rings is 1. The quantitative estimate of drug-likeness (QED) is 0.738. The zero-order chi connectivity index (χ0) is 19.5. The van der Waals surface area contributed by atoms with Crippen molar-refractivity contribution in [1.82, 2.24) is 15.2 Å². The molecular weight excluding hydrogens is 357 g/mol. The molecule has 0 radical (unpaired) electrons. The summed E-state index contributed by atoms with van der Waals surface area (Å²) in [5.41, 5.74) is 2.24. The van der Waals surface area contributed by atoms with E-state index in [9.17, 15) is 4.39 Å². The molecule has 2 atom stereocenters. The summed E-state index contributed by atoms with van der Waals surface area (Å²) in [5.74, 6) is 0.740. The Morgan fingerprint density at radius 1 is 1.04 bits per heavy atom. The fourth-order valence-corrected chi connectivity index (χ4v) is 3.42. The minimum atomic E-state index is -0.440. The first-order chi connectivity index (χ1) is 13.6. The Morgan fingerprint density at radius 2 is 1.79 bits per heavy atom. The molecular formula is C21H22FN5O. The smallest absolute Gasteiger partial charge is 0.165 e. The van der Waals surface area contributed by atoms with Crippen molar-refractivity contribution in [1.29, 1.82) is 0 Å². The van der Waals surface area contributed by atoms with Crippen LogP contribution in [0.3, 0.4) is 0 Å². The van der Waals surface area contributed by atoms with Crippen molar-refractivity contribution in [3.8, 4) is 11.1 Å². The highest BCUT2D eigenvalue weighted by atomic mass is 19.1.